The van der Waals surface area contributed by atoms with Gasteiger partial charge in [0.05, 0.1) is 11.0 Å². The first-order chi connectivity index (χ1) is 32.5. The van der Waals surface area contributed by atoms with Crippen molar-refractivity contribution in [1.82, 2.24) is 19.8 Å². The molecule has 2 amide bonds. The van der Waals surface area contributed by atoms with E-state index in [0.717, 1.165) is 114 Å². The van der Waals surface area contributed by atoms with Gasteiger partial charge in [0.25, 0.3) is 5.91 Å². The smallest absolute Gasteiger partial charge is 0.480 e. The molecular weight excluding hydrogens is 938 g/mol. The Kier molecular flexibility index (Phi) is 14.8. The first-order valence-corrected chi connectivity index (χ1v) is 23.9. The van der Waals surface area contributed by atoms with Crippen LogP contribution < -0.4 is 29.9 Å². The van der Waals surface area contributed by atoms with Crippen molar-refractivity contribution in [3.63, 3.8) is 0 Å². The highest BCUT2D eigenvalue weighted by Crippen LogP contribution is 2.34. The predicted molar refractivity (Wildman–Crippen MR) is 267 cm³/mol. The second kappa shape index (κ2) is 20.7. The molecule has 4 heterocycles. The number of carbonyl (C=O) groups is 2. The first kappa shape index (κ1) is 48.5. The van der Waals surface area contributed by atoms with Crippen LogP contribution in [0.5, 0.6) is 11.5 Å². The van der Waals surface area contributed by atoms with Crippen LogP contribution in [0, 0.1) is 13.8 Å². The number of carbonyl (C=O) groups excluding carboxylic acids is 2. The van der Waals surface area contributed by atoms with Gasteiger partial charge in [-0.05, 0) is 143 Å². The van der Waals surface area contributed by atoms with Gasteiger partial charge in [0.15, 0.2) is 6.10 Å². The van der Waals surface area contributed by atoms with Gasteiger partial charge in [-0.15, -0.1) is 13.2 Å². The van der Waals surface area contributed by atoms with E-state index < -0.39 is 35.9 Å². The van der Waals surface area contributed by atoms with Crippen LogP contribution in [0.15, 0.2) is 102 Å². The van der Waals surface area contributed by atoms with E-state index in [1.165, 1.54) is 12.1 Å². The highest BCUT2D eigenvalue weighted by molar-refractivity contribution is 9.10. The summed E-state index contributed by atoms with van der Waals surface area (Å²) < 4.78 is 51.2. The van der Waals surface area contributed by atoms with Crippen LogP contribution in [-0.4, -0.2) is 108 Å². The Balaban J connectivity index is 1.07. The summed E-state index contributed by atoms with van der Waals surface area (Å²) in [6.07, 6.45) is -6.54. The van der Waals surface area contributed by atoms with Crippen molar-refractivity contribution in [3.05, 3.63) is 118 Å². The van der Waals surface area contributed by atoms with Gasteiger partial charge < -0.3 is 29.9 Å². The lowest BCUT2D eigenvalue weighted by Gasteiger charge is -2.37. The lowest BCUT2D eigenvalue weighted by molar-refractivity contribution is -0.274. The molecule has 6 aromatic rings. The number of aromatic nitrogens is 2. The number of amides is 2. The minimum Gasteiger partial charge on any atom is -0.480 e. The zero-order valence-corrected chi connectivity index (χ0v) is 40.8. The standard InChI is InChI=1S/C52H58BrF3N8O4/c1-32(2)61-19-23-63(24-20-61)47-27-34(5)42-29-38(11-17-45(42)59-47)57-49(65)31-44(36-7-13-41(14-8-36)68-52(54,55)56)50(67-40-15-9-37(53)10-16-40)51(66)58-39-12-18-46-43(30-39)35(6)28-48(60-46)64-25-21-62(22-26-64)33(3)4/h7-18,27-30,32-33,44,50H,19-26,31H2,1-6H3,(H,57,65)(H,58,66). The Morgan fingerprint density at radius 2 is 1.12 bits per heavy atom. The number of aryl methyl sites for hydroxylation is 2. The van der Waals surface area contributed by atoms with Crippen molar-refractivity contribution in [2.75, 3.05) is 72.8 Å². The van der Waals surface area contributed by atoms with E-state index in [-0.39, 0.29) is 6.42 Å². The van der Waals surface area contributed by atoms with Crippen LogP contribution in [0.25, 0.3) is 21.8 Å². The third-order valence-corrected chi connectivity index (χ3v) is 13.5. The first-order valence-electron chi connectivity index (χ1n) is 23.2. The van der Waals surface area contributed by atoms with Crippen molar-refractivity contribution in [3.8, 4) is 11.5 Å². The van der Waals surface area contributed by atoms with Crippen LogP contribution in [0.4, 0.5) is 36.2 Å². The van der Waals surface area contributed by atoms with Crippen LogP contribution in [0.3, 0.4) is 0 Å². The van der Waals surface area contributed by atoms with E-state index in [1.54, 1.807) is 36.4 Å². The number of halogens is 4. The third kappa shape index (κ3) is 11.8. The van der Waals surface area contributed by atoms with Crippen molar-refractivity contribution in [2.24, 2.45) is 0 Å². The molecule has 2 aromatic heterocycles. The summed E-state index contributed by atoms with van der Waals surface area (Å²) >= 11 is 3.45. The maximum atomic E-state index is 14.7. The van der Waals surface area contributed by atoms with E-state index in [4.69, 9.17) is 14.7 Å². The average Bonchev–Trinajstić information content (AvgIpc) is 3.31. The average molecular weight is 996 g/mol. The number of alkyl halides is 3. The number of piperazine rings is 2. The third-order valence-electron chi connectivity index (χ3n) is 12.9. The molecule has 68 heavy (non-hydrogen) atoms. The summed E-state index contributed by atoms with van der Waals surface area (Å²) in [4.78, 5) is 48.5. The number of pyridine rings is 2. The Morgan fingerprint density at radius 1 is 0.647 bits per heavy atom. The molecule has 0 saturated carbocycles. The van der Waals surface area contributed by atoms with E-state index in [9.17, 15) is 22.8 Å². The van der Waals surface area contributed by atoms with Gasteiger partial charge in [0.1, 0.15) is 23.1 Å². The minimum atomic E-state index is -4.91. The van der Waals surface area contributed by atoms with Gasteiger partial charge >= 0.3 is 6.36 Å². The summed E-state index contributed by atoms with van der Waals surface area (Å²) in [5.41, 5.74) is 4.96. The van der Waals surface area contributed by atoms with Crippen LogP contribution in [-0.2, 0) is 9.59 Å². The zero-order chi connectivity index (χ0) is 48.3. The quantitative estimate of drug-likeness (QED) is 0.109. The lowest BCUT2D eigenvalue weighted by atomic mass is 9.88. The molecule has 12 nitrogen and oxygen atoms in total. The van der Waals surface area contributed by atoms with Gasteiger partial charge in [0, 0.05) is 103 Å². The fourth-order valence-corrected chi connectivity index (χ4v) is 9.35. The normalized spacial score (nSPS) is 16.1. The molecule has 16 heteroatoms. The number of fused-ring (bicyclic) bond motifs is 2. The highest BCUT2D eigenvalue weighted by Gasteiger charge is 2.35. The van der Waals surface area contributed by atoms with Crippen LogP contribution >= 0.6 is 15.9 Å². The maximum absolute atomic E-state index is 14.7. The van der Waals surface area contributed by atoms with Crippen molar-refractivity contribution in [2.45, 2.75) is 78.4 Å². The molecule has 0 aliphatic carbocycles. The summed E-state index contributed by atoms with van der Waals surface area (Å²) in [6.45, 7) is 20.2. The highest BCUT2D eigenvalue weighted by atomic mass is 79.9. The molecule has 4 aromatic carbocycles. The Hall–Kier alpha value is -5.97. The van der Waals surface area contributed by atoms with Gasteiger partial charge in [-0.2, -0.15) is 0 Å². The molecule has 8 rings (SSSR count). The topological polar surface area (TPSA) is 115 Å². The Labute approximate surface area is 403 Å². The molecule has 2 atom stereocenters. The van der Waals surface area contributed by atoms with E-state index in [2.05, 4.69) is 90.7 Å². The monoisotopic (exact) mass is 994 g/mol. The number of ether oxygens (including phenoxy) is 2. The number of anilines is 4. The van der Waals surface area contributed by atoms with Gasteiger partial charge in [0.2, 0.25) is 5.91 Å². The lowest BCUT2D eigenvalue weighted by Crippen LogP contribution is -2.49. The summed E-state index contributed by atoms with van der Waals surface area (Å²) in [5.74, 6) is -0.293. The van der Waals surface area contributed by atoms with Crippen molar-refractivity contribution in [1.29, 1.82) is 0 Å². The molecule has 2 aliphatic rings. The molecule has 2 fully saturated rings. The van der Waals surface area contributed by atoms with Crippen LogP contribution in [0.2, 0.25) is 0 Å². The van der Waals surface area contributed by atoms with Gasteiger partial charge in [-0.3, -0.25) is 19.4 Å². The molecule has 0 spiro atoms. The summed E-state index contributed by atoms with van der Waals surface area (Å²) in [7, 11) is 0. The molecule has 0 radical (unpaired) electrons. The Morgan fingerprint density at radius 3 is 1.59 bits per heavy atom. The second-order valence-corrected chi connectivity index (χ2v) is 19.2. The minimum absolute atomic E-state index is 0.278. The fourth-order valence-electron chi connectivity index (χ4n) is 9.09. The fraction of sp³-hybridized carbons (Fsp3) is 0.385. The maximum Gasteiger partial charge on any atom is 0.573 e. The van der Waals surface area contributed by atoms with Crippen LogP contribution in [0.1, 0.15) is 56.7 Å². The molecule has 2 aliphatic heterocycles. The number of hydrogen-bond acceptors (Lipinski definition) is 10. The van der Waals surface area contributed by atoms with E-state index in [1.807, 2.05) is 38.1 Å². The SMILES string of the molecule is Cc1cc(N2CCN(C(C)C)CC2)nc2ccc(NC(=O)CC(c3ccc(OC(F)(F)F)cc3)C(Oc3ccc(Br)cc3)C(=O)Nc3ccc4nc(N5CCN(C(C)C)CC5)cc(C)c4c3)cc12. The number of rotatable bonds is 14. The van der Waals surface area contributed by atoms with Gasteiger partial charge in [-0.1, -0.05) is 28.1 Å². The van der Waals surface area contributed by atoms with Crippen molar-refractivity contribution >= 4 is 72.6 Å². The molecule has 2 N–H and O–H groups in total. The largest absolute Gasteiger partial charge is 0.573 e. The van der Waals surface area contributed by atoms with E-state index >= 15 is 0 Å². The molecule has 2 saturated heterocycles. The number of nitrogens with one attached hydrogen (secondary N) is 2. The predicted octanol–water partition coefficient (Wildman–Crippen LogP) is 10.3. The molecular formula is C52H58BrF3N8O4. The summed E-state index contributed by atoms with van der Waals surface area (Å²) in [5, 5.41) is 7.77. The van der Waals surface area contributed by atoms with Gasteiger partial charge in [-0.25, -0.2) is 9.97 Å². The Bertz CT molecular complexity index is 2740. The van der Waals surface area contributed by atoms with E-state index in [0.29, 0.717) is 34.8 Å². The molecule has 358 valence electrons. The number of nitrogens with zero attached hydrogens (tertiary/aromatic N) is 6. The number of benzene rings is 4. The molecule has 2 unspecified atom stereocenters. The van der Waals surface area contributed by atoms with Crippen molar-refractivity contribution < 1.29 is 32.2 Å². The number of hydrogen-bond donors (Lipinski definition) is 2. The summed E-state index contributed by atoms with van der Waals surface area (Å²) in [6, 6.07) is 28.2. The zero-order valence-electron chi connectivity index (χ0n) is 39.2. The second-order valence-electron chi connectivity index (χ2n) is 18.2. The molecule has 0 bridgehead atoms.